The molecule has 6 heteroatoms. The van der Waals surface area contributed by atoms with E-state index in [2.05, 4.69) is 0 Å². The van der Waals surface area contributed by atoms with Gasteiger partial charge in [0, 0.05) is 26.9 Å². The lowest BCUT2D eigenvalue weighted by atomic mass is 10.4. The van der Waals surface area contributed by atoms with Crippen molar-refractivity contribution in [3.05, 3.63) is 0 Å². The molecule has 0 aliphatic carbocycles. The average molecular weight is 239 g/mol. The van der Waals surface area contributed by atoms with E-state index in [1.54, 1.807) is 7.11 Å². The number of rotatable bonds is 9. The molecule has 0 aliphatic heterocycles. The van der Waals surface area contributed by atoms with E-state index in [4.69, 9.17) is 15.2 Å². The van der Waals surface area contributed by atoms with Gasteiger partial charge >= 0.3 is 0 Å². The van der Waals surface area contributed by atoms with Crippen LogP contribution in [0.1, 0.15) is 13.3 Å². The molecule has 0 saturated heterocycles. The van der Waals surface area contributed by atoms with Gasteiger partial charge < -0.3 is 15.2 Å². The molecule has 0 aromatic carbocycles. The van der Waals surface area contributed by atoms with Crippen molar-refractivity contribution in [2.75, 3.05) is 38.4 Å². The maximum absolute atomic E-state index is 11.6. The maximum atomic E-state index is 11.6. The lowest BCUT2D eigenvalue weighted by Gasteiger charge is -2.14. The van der Waals surface area contributed by atoms with Gasteiger partial charge in [0.25, 0.3) is 0 Å². The van der Waals surface area contributed by atoms with Gasteiger partial charge in [0.1, 0.15) is 0 Å². The number of hydrogen-bond donors (Lipinski definition) is 1. The second-order valence-corrected chi connectivity index (χ2v) is 5.50. The summed E-state index contributed by atoms with van der Waals surface area (Å²) in [6, 6.07) is 0. The lowest BCUT2D eigenvalue weighted by Crippen LogP contribution is -2.32. The third-order valence-electron chi connectivity index (χ3n) is 1.91. The highest BCUT2D eigenvalue weighted by atomic mass is 32.2. The predicted molar refractivity (Wildman–Crippen MR) is 59.6 cm³/mol. The largest absolute Gasteiger partial charge is 0.385 e. The van der Waals surface area contributed by atoms with Crippen molar-refractivity contribution < 1.29 is 17.9 Å². The lowest BCUT2D eigenvalue weighted by molar-refractivity contribution is 0.0846. The molecule has 1 atom stereocenters. The van der Waals surface area contributed by atoms with Crippen LogP contribution in [0.25, 0.3) is 0 Å². The molecule has 0 amide bonds. The van der Waals surface area contributed by atoms with Gasteiger partial charge in [-0.05, 0) is 13.3 Å². The normalized spacial score (nSPS) is 14.1. The number of nitrogens with two attached hydrogens (primary N) is 1. The monoisotopic (exact) mass is 239 g/mol. The van der Waals surface area contributed by atoms with Gasteiger partial charge in [-0.15, -0.1) is 0 Å². The summed E-state index contributed by atoms with van der Waals surface area (Å²) < 4.78 is 33.1. The zero-order valence-corrected chi connectivity index (χ0v) is 10.3. The highest BCUT2D eigenvalue weighted by molar-refractivity contribution is 7.91. The molecule has 0 spiro atoms. The van der Waals surface area contributed by atoms with Crippen LogP contribution in [0.2, 0.25) is 0 Å². The van der Waals surface area contributed by atoms with Crippen LogP contribution >= 0.6 is 0 Å². The molecule has 0 aromatic heterocycles. The first-order valence-corrected chi connectivity index (χ1v) is 6.89. The topological polar surface area (TPSA) is 78.6 Å². The summed E-state index contributed by atoms with van der Waals surface area (Å²) in [4.78, 5) is 0. The Kier molecular flexibility index (Phi) is 7.95. The molecule has 92 valence electrons. The molecule has 0 heterocycles. The maximum Gasteiger partial charge on any atom is 0.152 e. The van der Waals surface area contributed by atoms with Gasteiger partial charge in [0.05, 0.1) is 17.6 Å². The zero-order valence-electron chi connectivity index (χ0n) is 9.44. The summed E-state index contributed by atoms with van der Waals surface area (Å²) in [6.07, 6.45) is 0.130. The third kappa shape index (κ3) is 7.72. The van der Waals surface area contributed by atoms with Crippen LogP contribution in [0.3, 0.4) is 0 Å². The second kappa shape index (κ2) is 8.04. The summed E-state index contributed by atoms with van der Waals surface area (Å²) in [5, 5.41) is 0. The van der Waals surface area contributed by atoms with Crippen LogP contribution in [0.4, 0.5) is 0 Å². The molecule has 2 N–H and O–H groups in total. The van der Waals surface area contributed by atoms with Gasteiger partial charge in [0.15, 0.2) is 9.84 Å². The number of ether oxygens (including phenoxy) is 2. The third-order valence-corrected chi connectivity index (χ3v) is 3.70. The van der Waals surface area contributed by atoms with Crippen LogP contribution in [0.15, 0.2) is 0 Å². The SMILES string of the molecule is CCOC(CN)CS(=O)(=O)CCCOC. The van der Waals surface area contributed by atoms with Crippen LogP contribution in [0.5, 0.6) is 0 Å². The minimum Gasteiger partial charge on any atom is -0.385 e. The Labute approximate surface area is 91.9 Å². The molecular weight excluding hydrogens is 218 g/mol. The van der Waals surface area contributed by atoms with Gasteiger partial charge in [-0.1, -0.05) is 0 Å². The summed E-state index contributed by atoms with van der Waals surface area (Å²) >= 11 is 0. The molecule has 0 fully saturated rings. The van der Waals surface area contributed by atoms with Gasteiger partial charge in [-0.2, -0.15) is 0 Å². The van der Waals surface area contributed by atoms with Crippen molar-refractivity contribution in [3.8, 4) is 0 Å². The van der Waals surface area contributed by atoms with Crippen molar-refractivity contribution in [2.45, 2.75) is 19.4 Å². The van der Waals surface area contributed by atoms with E-state index >= 15 is 0 Å². The zero-order chi connectivity index (χ0) is 11.7. The molecular formula is C9H21NO4S. The molecule has 1 unspecified atom stereocenters. The number of hydrogen-bond acceptors (Lipinski definition) is 5. The fourth-order valence-corrected chi connectivity index (χ4v) is 2.73. The van der Waals surface area contributed by atoms with E-state index in [9.17, 15) is 8.42 Å². The predicted octanol–water partition coefficient (Wildman–Crippen LogP) is -0.198. The Bertz CT molecular complexity index is 240. The molecule has 5 nitrogen and oxygen atoms in total. The summed E-state index contributed by atoms with van der Waals surface area (Å²) in [5.41, 5.74) is 5.41. The molecule has 0 bridgehead atoms. The first-order valence-electron chi connectivity index (χ1n) is 5.06. The van der Waals surface area contributed by atoms with Crippen molar-refractivity contribution in [1.82, 2.24) is 0 Å². The molecule has 15 heavy (non-hydrogen) atoms. The Morgan fingerprint density at radius 3 is 2.53 bits per heavy atom. The standard InChI is InChI=1S/C9H21NO4S/c1-3-14-9(7-10)8-15(11,12)6-4-5-13-2/h9H,3-8,10H2,1-2H3. The van der Waals surface area contributed by atoms with Crippen molar-refractivity contribution in [1.29, 1.82) is 0 Å². The van der Waals surface area contributed by atoms with Gasteiger partial charge in [0.2, 0.25) is 0 Å². The van der Waals surface area contributed by atoms with Crippen LogP contribution in [-0.4, -0.2) is 52.9 Å². The van der Waals surface area contributed by atoms with E-state index in [1.807, 2.05) is 6.92 Å². The molecule has 0 saturated carbocycles. The highest BCUT2D eigenvalue weighted by Gasteiger charge is 2.17. The summed E-state index contributed by atoms with van der Waals surface area (Å²) in [6.45, 7) is 2.99. The van der Waals surface area contributed by atoms with E-state index in [0.717, 1.165) is 0 Å². The highest BCUT2D eigenvalue weighted by Crippen LogP contribution is 2.00. The smallest absolute Gasteiger partial charge is 0.152 e. The van der Waals surface area contributed by atoms with Gasteiger partial charge in [-0.25, -0.2) is 8.42 Å². The number of sulfone groups is 1. The average Bonchev–Trinajstić information content (AvgIpc) is 2.17. The Morgan fingerprint density at radius 1 is 1.40 bits per heavy atom. The summed E-state index contributed by atoms with van der Waals surface area (Å²) in [7, 11) is -1.52. The fourth-order valence-electron chi connectivity index (χ4n) is 1.21. The second-order valence-electron chi connectivity index (χ2n) is 3.27. The minimum atomic E-state index is -3.07. The molecule has 0 radical (unpaired) electrons. The molecule has 0 rings (SSSR count). The quantitative estimate of drug-likeness (QED) is 0.564. The fraction of sp³-hybridized carbons (Fsp3) is 1.00. The van der Waals surface area contributed by atoms with Crippen LogP contribution < -0.4 is 5.73 Å². The van der Waals surface area contributed by atoms with E-state index < -0.39 is 9.84 Å². The van der Waals surface area contributed by atoms with Crippen LogP contribution in [0, 0.1) is 0 Å². The van der Waals surface area contributed by atoms with Crippen LogP contribution in [-0.2, 0) is 19.3 Å². The number of methoxy groups -OCH3 is 1. The van der Waals surface area contributed by atoms with Gasteiger partial charge in [-0.3, -0.25) is 0 Å². The summed E-state index contributed by atoms with van der Waals surface area (Å²) in [5.74, 6) is 0.130. The van der Waals surface area contributed by atoms with Crippen molar-refractivity contribution in [2.24, 2.45) is 5.73 Å². The minimum absolute atomic E-state index is 0.00105. The Hall–Kier alpha value is -0.170. The molecule has 0 aromatic rings. The first kappa shape index (κ1) is 14.8. The van der Waals surface area contributed by atoms with Crippen molar-refractivity contribution in [3.63, 3.8) is 0 Å². The molecule has 0 aliphatic rings. The van der Waals surface area contributed by atoms with E-state index in [-0.39, 0.29) is 24.2 Å². The first-order chi connectivity index (χ1) is 7.05. The van der Waals surface area contributed by atoms with Crippen molar-refractivity contribution >= 4 is 9.84 Å². The van der Waals surface area contributed by atoms with E-state index in [0.29, 0.717) is 19.6 Å². The van der Waals surface area contributed by atoms with E-state index in [1.165, 1.54) is 0 Å². The Balaban J connectivity index is 3.99. The Morgan fingerprint density at radius 2 is 2.07 bits per heavy atom.